The van der Waals surface area contributed by atoms with Gasteiger partial charge in [0.15, 0.2) is 0 Å². The lowest BCUT2D eigenvalue weighted by Gasteiger charge is -2.06. The summed E-state index contributed by atoms with van der Waals surface area (Å²) in [6.07, 6.45) is -4.78. The maximum absolute atomic E-state index is 12.2. The second-order valence-corrected chi connectivity index (χ2v) is 4.98. The minimum atomic E-state index is -4.78. The van der Waals surface area contributed by atoms with Gasteiger partial charge < -0.3 is 0 Å². The SMILES string of the molecule is O=[N+]([O-])c1cc(Br)c(N=C(Cl)C(F)(F)F)c(Br)c1. The lowest BCUT2D eigenvalue weighted by atomic mass is 10.3. The summed E-state index contributed by atoms with van der Waals surface area (Å²) < 4.78 is 36.7. The Morgan fingerprint density at radius 1 is 1.33 bits per heavy atom. The fourth-order valence-corrected chi connectivity index (χ4v) is 2.35. The number of benzene rings is 1. The van der Waals surface area contributed by atoms with E-state index in [-0.39, 0.29) is 20.3 Å². The van der Waals surface area contributed by atoms with Crippen molar-refractivity contribution in [1.29, 1.82) is 0 Å². The van der Waals surface area contributed by atoms with Crippen LogP contribution in [-0.4, -0.2) is 16.3 Å². The van der Waals surface area contributed by atoms with Gasteiger partial charge in [-0.1, -0.05) is 11.6 Å². The zero-order chi connectivity index (χ0) is 14.1. The summed E-state index contributed by atoms with van der Waals surface area (Å²) in [6.45, 7) is 0. The average molecular weight is 410 g/mol. The summed E-state index contributed by atoms with van der Waals surface area (Å²) in [4.78, 5) is 13.0. The highest BCUT2D eigenvalue weighted by Crippen LogP contribution is 2.38. The van der Waals surface area contributed by atoms with E-state index in [1.54, 1.807) is 0 Å². The Kier molecular flexibility index (Phi) is 4.73. The predicted molar refractivity (Wildman–Crippen MR) is 67.5 cm³/mol. The molecule has 0 N–H and O–H groups in total. The highest BCUT2D eigenvalue weighted by Gasteiger charge is 2.35. The lowest BCUT2D eigenvalue weighted by Crippen LogP contribution is -2.16. The maximum atomic E-state index is 12.2. The van der Waals surface area contributed by atoms with E-state index in [2.05, 4.69) is 36.9 Å². The van der Waals surface area contributed by atoms with Crippen LogP contribution in [-0.2, 0) is 0 Å². The topological polar surface area (TPSA) is 55.5 Å². The van der Waals surface area contributed by atoms with Gasteiger partial charge in [0.25, 0.3) is 5.69 Å². The van der Waals surface area contributed by atoms with E-state index in [0.29, 0.717) is 0 Å². The van der Waals surface area contributed by atoms with Gasteiger partial charge in [-0.3, -0.25) is 10.1 Å². The Bertz CT molecular complexity index is 511. The highest BCUT2D eigenvalue weighted by atomic mass is 79.9. The van der Waals surface area contributed by atoms with Crippen LogP contribution < -0.4 is 0 Å². The van der Waals surface area contributed by atoms with E-state index in [9.17, 15) is 23.3 Å². The van der Waals surface area contributed by atoms with Crippen molar-refractivity contribution in [3.8, 4) is 0 Å². The lowest BCUT2D eigenvalue weighted by molar-refractivity contribution is -0.385. The fourth-order valence-electron chi connectivity index (χ4n) is 0.926. The van der Waals surface area contributed by atoms with Gasteiger partial charge >= 0.3 is 6.18 Å². The number of rotatable bonds is 2. The van der Waals surface area contributed by atoms with Crippen LogP contribution >= 0.6 is 43.5 Å². The van der Waals surface area contributed by atoms with Crippen LogP contribution in [0.4, 0.5) is 24.5 Å². The Labute approximate surface area is 120 Å². The standard InChI is InChI=1S/C8H2Br2ClF3N2O2/c9-4-1-3(16(17)18)2-5(10)6(4)15-7(11)8(12,13)14/h1-2H. The van der Waals surface area contributed by atoms with Crippen LogP contribution in [0.25, 0.3) is 0 Å². The second kappa shape index (κ2) is 5.54. The number of nitrogens with zero attached hydrogens (tertiary/aromatic N) is 2. The van der Waals surface area contributed by atoms with E-state index in [1.165, 1.54) is 0 Å². The smallest absolute Gasteiger partial charge is 0.258 e. The molecule has 1 aromatic rings. The molecular formula is C8H2Br2ClF3N2O2. The molecule has 0 aromatic heterocycles. The van der Waals surface area contributed by atoms with Crippen molar-refractivity contribution in [3.63, 3.8) is 0 Å². The van der Waals surface area contributed by atoms with Gasteiger partial charge in [-0.2, -0.15) is 13.2 Å². The van der Waals surface area contributed by atoms with Crippen molar-refractivity contribution in [2.75, 3.05) is 0 Å². The van der Waals surface area contributed by atoms with E-state index in [1.807, 2.05) is 0 Å². The zero-order valence-corrected chi connectivity index (χ0v) is 12.1. The minimum absolute atomic E-state index is 0.0194. The first-order valence-corrected chi connectivity index (χ1v) is 6.04. The molecule has 0 spiro atoms. The first-order valence-electron chi connectivity index (χ1n) is 4.07. The highest BCUT2D eigenvalue weighted by molar-refractivity contribution is 9.11. The molecule has 0 radical (unpaired) electrons. The molecule has 0 saturated heterocycles. The number of non-ortho nitro benzene ring substituents is 1. The summed E-state index contributed by atoms with van der Waals surface area (Å²) in [7, 11) is 0. The number of nitro benzene ring substituents is 1. The van der Waals surface area contributed by atoms with Crippen molar-refractivity contribution >= 4 is 60.0 Å². The molecule has 10 heteroatoms. The zero-order valence-electron chi connectivity index (χ0n) is 8.13. The van der Waals surface area contributed by atoms with Crippen molar-refractivity contribution in [3.05, 3.63) is 31.2 Å². The van der Waals surface area contributed by atoms with Gasteiger partial charge in [0.05, 0.1) is 19.6 Å². The third-order valence-electron chi connectivity index (χ3n) is 1.66. The summed E-state index contributed by atoms with van der Waals surface area (Å²) in [5, 5.41) is 8.95. The number of hydrogen-bond donors (Lipinski definition) is 0. The van der Waals surface area contributed by atoms with Crippen molar-refractivity contribution in [2.24, 2.45) is 4.99 Å². The van der Waals surface area contributed by atoms with Crippen molar-refractivity contribution < 1.29 is 18.1 Å². The van der Waals surface area contributed by atoms with Crippen LogP contribution in [0, 0.1) is 10.1 Å². The van der Waals surface area contributed by atoms with Crippen molar-refractivity contribution in [1.82, 2.24) is 0 Å². The van der Waals surface area contributed by atoms with Gasteiger partial charge in [0, 0.05) is 12.1 Å². The van der Waals surface area contributed by atoms with E-state index in [4.69, 9.17) is 11.6 Å². The molecule has 0 aliphatic heterocycles. The number of aliphatic imine (C=N–C) groups is 1. The van der Waals surface area contributed by atoms with Gasteiger partial charge in [-0.15, -0.1) is 0 Å². The van der Waals surface area contributed by atoms with Gasteiger partial charge in [-0.05, 0) is 31.9 Å². The molecular weight excluding hydrogens is 408 g/mol. The molecule has 0 aliphatic carbocycles. The van der Waals surface area contributed by atoms with Gasteiger partial charge in [0.1, 0.15) is 0 Å². The van der Waals surface area contributed by atoms with Crippen LogP contribution in [0.2, 0.25) is 0 Å². The predicted octanol–water partition coefficient (Wildman–Crippen LogP) is 4.95. The molecule has 1 rings (SSSR count). The average Bonchev–Trinajstić information content (AvgIpc) is 2.21. The molecule has 4 nitrogen and oxygen atoms in total. The third-order valence-corrected chi connectivity index (χ3v) is 3.16. The van der Waals surface area contributed by atoms with Crippen LogP contribution in [0.3, 0.4) is 0 Å². The van der Waals surface area contributed by atoms with Crippen LogP contribution in [0.5, 0.6) is 0 Å². The van der Waals surface area contributed by atoms with E-state index in [0.717, 1.165) is 12.1 Å². The summed E-state index contributed by atoms with van der Waals surface area (Å²) in [6, 6.07) is 2.06. The molecule has 0 heterocycles. The summed E-state index contributed by atoms with van der Waals surface area (Å²) in [5.41, 5.74) is -0.473. The molecule has 0 bridgehead atoms. The number of hydrogen-bond acceptors (Lipinski definition) is 3. The second-order valence-electron chi connectivity index (χ2n) is 2.92. The van der Waals surface area contributed by atoms with E-state index < -0.39 is 16.3 Å². The third kappa shape index (κ3) is 3.66. The van der Waals surface area contributed by atoms with Crippen LogP contribution in [0.1, 0.15) is 0 Å². The largest absolute Gasteiger partial charge is 0.444 e. The summed E-state index contributed by atoms with van der Waals surface area (Å²) >= 11 is 10.8. The van der Waals surface area contributed by atoms with Gasteiger partial charge in [0.2, 0.25) is 5.17 Å². The molecule has 0 atom stereocenters. The first-order chi connectivity index (χ1) is 8.12. The molecule has 18 heavy (non-hydrogen) atoms. The number of alkyl halides is 3. The summed E-state index contributed by atoms with van der Waals surface area (Å²) in [5.74, 6) is 0. The first kappa shape index (κ1) is 15.4. The molecule has 98 valence electrons. The Morgan fingerprint density at radius 3 is 2.11 bits per heavy atom. The number of halogens is 6. The monoisotopic (exact) mass is 408 g/mol. The molecule has 0 amide bonds. The maximum Gasteiger partial charge on any atom is 0.444 e. The van der Waals surface area contributed by atoms with E-state index >= 15 is 0 Å². The fraction of sp³-hybridized carbons (Fsp3) is 0.125. The normalized spacial score (nSPS) is 12.7. The minimum Gasteiger partial charge on any atom is -0.258 e. The Hall–Kier alpha value is -0.670. The molecule has 0 aliphatic rings. The molecule has 0 saturated carbocycles. The number of nitro groups is 1. The Morgan fingerprint density at radius 2 is 1.78 bits per heavy atom. The molecule has 1 aromatic carbocycles. The Balaban J connectivity index is 3.32. The van der Waals surface area contributed by atoms with Gasteiger partial charge in [-0.25, -0.2) is 4.99 Å². The van der Waals surface area contributed by atoms with Crippen LogP contribution in [0.15, 0.2) is 26.1 Å². The molecule has 0 fully saturated rings. The van der Waals surface area contributed by atoms with Crippen molar-refractivity contribution in [2.45, 2.75) is 6.18 Å². The quantitative estimate of drug-likeness (QED) is 0.394. The molecule has 0 unspecified atom stereocenters.